The van der Waals surface area contributed by atoms with Crippen LogP contribution in [0.1, 0.15) is 26.7 Å². The summed E-state index contributed by atoms with van der Waals surface area (Å²) in [7, 11) is -0.872. The fraction of sp³-hybridized carbons (Fsp3) is 0.0789. The number of ether oxygens (including phenoxy) is 2. The Balaban J connectivity index is 1.40. The van der Waals surface area contributed by atoms with E-state index in [4.69, 9.17) is 14.6 Å². The third-order valence-corrected chi connectivity index (χ3v) is 9.58. The largest absolute Gasteiger partial charge is 0.497 e. The summed E-state index contributed by atoms with van der Waals surface area (Å²) in [6.45, 7) is 0. The van der Waals surface area contributed by atoms with Crippen LogP contribution in [0.4, 0.5) is 11.4 Å². The highest BCUT2D eigenvalue weighted by Crippen LogP contribution is 2.37. The summed E-state index contributed by atoms with van der Waals surface area (Å²) in [6, 6.07) is 35.2. The Morgan fingerprint density at radius 1 is 0.745 bits per heavy atom. The van der Waals surface area contributed by atoms with Crippen LogP contribution in [0.5, 0.6) is 11.5 Å². The number of hydrogen-bond acceptors (Lipinski definition) is 8. The molecule has 0 fully saturated rings. The number of thioether (sulfide) groups is 1. The van der Waals surface area contributed by atoms with Crippen LogP contribution >= 0.6 is 11.8 Å². The Bertz CT molecular complexity index is 2160. The maximum absolute atomic E-state index is 13.8. The van der Waals surface area contributed by atoms with Crippen molar-refractivity contribution < 1.29 is 32.3 Å². The van der Waals surface area contributed by atoms with E-state index in [1.54, 1.807) is 72.8 Å². The number of sulfonamides is 1. The van der Waals surface area contributed by atoms with Crippen molar-refractivity contribution in [2.75, 3.05) is 24.9 Å². The zero-order chi connectivity index (χ0) is 36.4. The third-order valence-electron chi connectivity index (χ3n) is 7.40. The standard InChI is InChI=1S/C38H34N4O7S2/c1-48-30-18-21-34(49-2)27(22-30)23-33(42-36(43)26-12-7-4-8-13-26)37(44)41-29-14-9-15-31(24-29)50-35(25-10-5-3-6-11-25)38(45)40-28-16-19-32(20-17-28)51(39,46)47/h3-24,35H,1-2H3,(H,40,45)(H,41,44)(H,42,43)(H2,39,46,47)/b33-23+. The van der Waals surface area contributed by atoms with Gasteiger partial charge in [0, 0.05) is 27.4 Å². The molecular weight excluding hydrogens is 689 g/mol. The fourth-order valence-corrected chi connectivity index (χ4v) is 6.47. The summed E-state index contributed by atoms with van der Waals surface area (Å²) in [5.41, 5.74) is 2.32. The van der Waals surface area contributed by atoms with Crippen LogP contribution in [-0.2, 0) is 19.6 Å². The van der Waals surface area contributed by atoms with E-state index >= 15 is 0 Å². The van der Waals surface area contributed by atoms with Gasteiger partial charge in [-0.3, -0.25) is 14.4 Å². The summed E-state index contributed by atoms with van der Waals surface area (Å²) < 4.78 is 34.2. The molecule has 11 nitrogen and oxygen atoms in total. The molecule has 0 aliphatic heterocycles. The number of carbonyl (C=O) groups is 3. The monoisotopic (exact) mass is 722 g/mol. The van der Waals surface area contributed by atoms with Gasteiger partial charge in [-0.05, 0) is 84.4 Å². The first kappa shape index (κ1) is 36.4. The lowest BCUT2D eigenvalue weighted by atomic mass is 10.1. The molecule has 0 saturated heterocycles. The Morgan fingerprint density at radius 2 is 1.43 bits per heavy atom. The molecular formula is C38H34N4O7S2. The van der Waals surface area contributed by atoms with E-state index in [1.807, 2.05) is 30.3 Å². The molecule has 0 bridgehead atoms. The number of methoxy groups -OCH3 is 2. The van der Waals surface area contributed by atoms with Crippen LogP contribution in [0.25, 0.3) is 6.08 Å². The molecule has 5 rings (SSSR count). The lowest BCUT2D eigenvalue weighted by Crippen LogP contribution is -2.30. The summed E-state index contributed by atoms with van der Waals surface area (Å²) in [5.74, 6) is -0.465. The fourth-order valence-electron chi connectivity index (χ4n) is 4.87. The van der Waals surface area contributed by atoms with Gasteiger partial charge in [0.15, 0.2) is 0 Å². The maximum atomic E-state index is 13.8. The molecule has 0 aromatic heterocycles. The van der Waals surface area contributed by atoms with Crippen LogP contribution in [0.15, 0.2) is 143 Å². The molecule has 260 valence electrons. The number of nitrogens with one attached hydrogen (secondary N) is 3. The van der Waals surface area contributed by atoms with E-state index < -0.39 is 27.1 Å². The van der Waals surface area contributed by atoms with E-state index in [2.05, 4.69) is 16.0 Å². The van der Waals surface area contributed by atoms with Crippen LogP contribution in [0.3, 0.4) is 0 Å². The molecule has 0 aliphatic carbocycles. The minimum Gasteiger partial charge on any atom is -0.497 e. The molecule has 0 aliphatic rings. The molecule has 5 N–H and O–H groups in total. The molecule has 3 amide bonds. The summed E-state index contributed by atoms with van der Waals surface area (Å²) in [5, 5.41) is 12.9. The van der Waals surface area contributed by atoms with Crippen molar-refractivity contribution in [3.8, 4) is 11.5 Å². The molecule has 5 aromatic carbocycles. The van der Waals surface area contributed by atoms with Crippen molar-refractivity contribution in [3.05, 3.63) is 150 Å². The van der Waals surface area contributed by atoms with E-state index in [9.17, 15) is 22.8 Å². The second-order valence-corrected chi connectivity index (χ2v) is 13.7. The molecule has 13 heteroatoms. The first-order valence-electron chi connectivity index (χ1n) is 15.4. The van der Waals surface area contributed by atoms with Crippen LogP contribution < -0.4 is 30.6 Å². The highest BCUT2D eigenvalue weighted by molar-refractivity contribution is 8.00. The van der Waals surface area contributed by atoms with Gasteiger partial charge in [-0.2, -0.15) is 0 Å². The van der Waals surface area contributed by atoms with Crippen molar-refractivity contribution in [1.29, 1.82) is 0 Å². The van der Waals surface area contributed by atoms with E-state index in [-0.39, 0.29) is 16.5 Å². The lowest BCUT2D eigenvalue weighted by Gasteiger charge is -2.18. The highest BCUT2D eigenvalue weighted by Gasteiger charge is 2.23. The molecule has 0 saturated carbocycles. The molecule has 1 unspecified atom stereocenters. The van der Waals surface area contributed by atoms with Crippen molar-refractivity contribution in [1.82, 2.24) is 5.32 Å². The van der Waals surface area contributed by atoms with E-state index in [0.29, 0.717) is 38.9 Å². The van der Waals surface area contributed by atoms with E-state index in [0.717, 1.165) is 5.56 Å². The van der Waals surface area contributed by atoms with Crippen molar-refractivity contribution in [2.45, 2.75) is 15.0 Å². The topological polar surface area (TPSA) is 166 Å². The number of primary sulfonamides is 1. The molecule has 5 aromatic rings. The Hall–Kier alpha value is -5.89. The molecule has 1 atom stereocenters. The van der Waals surface area contributed by atoms with Gasteiger partial charge in [-0.1, -0.05) is 54.6 Å². The minimum absolute atomic E-state index is 0.0524. The predicted octanol–water partition coefficient (Wildman–Crippen LogP) is 6.23. The predicted molar refractivity (Wildman–Crippen MR) is 198 cm³/mol. The first-order valence-corrected chi connectivity index (χ1v) is 17.8. The zero-order valence-corrected chi connectivity index (χ0v) is 29.2. The molecule has 51 heavy (non-hydrogen) atoms. The summed E-state index contributed by atoms with van der Waals surface area (Å²) in [6.07, 6.45) is 1.50. The molecule has 0 radical (unpaired) electrons. The number of nitrogens with two attached hydrogens (primary N) is 1. The number of hydrogen-bond donors (Lipinski definition) is 4. The highest BCUT2D eigenvalue weighted by atomic mass is 32.2. The normalized spacial score (nSPS) is 11.9. The summed E-state index contributed by atoms with van der Waals surface area (Å²) >= 11 is 1.25. The average Bonchev–Trinajstić information content (AvgIpc) is 3.14. The second-order valence-electron chi connectivity index (χ2n) is 10.9. The van der Waals surface area contributed by atoms with Gasteiger partial charge in [-0.15, -0.1) is 11.8 Å². The van der Waals surface area contributed by atoms with Gasteiger partial charge in [0.25, 0.3) is 11.8 Å². The Morgan fingerprint density at radius 3 is 2.08 bits per heavy atom. The van der Waals surface area contributed by atoms with Crippen molar-refractivity contribution in [3.63, 3.8) is 0 Å². The summed E-state index contributed by atoms with van der Waals surface area (Å²) in [4.78, 5) is 41.2. The van der Waals surface area contributed by atoms with Gasteiger partial charge < -0.3 is 25.4 Å². The number of rotatable bonds is 13. The Kier molecular flexibility index (Phi) is 11.9. The Labute approximate surface area is 299 Å². The second kappa shape index (κ2) is 16.7. The van der Waals surface area contributed by atoms with Crippen LogP contribution in [0.2, 0.25) is 0 Å². The third kappa shape index (κ3) is 9.85. The van der Waals surface area contributed by atoms with Gasteiger partial charge in [0.1, 0.15) is 22.4 Å². The van der Waals surface area contributed by atoms with Crippen LogP contribution in [-0.4, -0.2) is 40.4 Å². The van der Waals surface area contributed by atoms with Crippen molar-refractivity contribution in [2.24, 2.45) is 5.14 Å². The quantitative estimate of drug-likeness (QED) is 0.0820. The zero-order valence-electron chi connectivity index (χ0n) is 27.5. The SMILES string of the molecule is COc1ccc(OC)c(/C=C(/NC(=O)c2ccccc2)C(=O)Nc2cccc(SC(C(=O)Nc3ccc(S(N)(=O)=O)cc3)c3ccccc3)c2)c1. The number of amides is 3. The minimum atomic E-state index is -3.89. The van der Waals surface area contributed by atoms with E-state index in [1.165, 1.54) is 56.3 Å². The lowest BCUT2D eigenvalue weighted by molar-refractivity contribution is -0.116. The number of anilines is 2. The van der Waals surface area contributed by atoms with Gasteiger partial charge in [0.2, 0.25) is 15.9 Å². The maximum Gasteiger partial charge on any atom is 0.272 e. The van der Waals surface area contributed by atoms with Gasteiger partial charge in [0.05, 0.1) is 19.1 Å². The van der Waals surface area contributed by atoms with Gasteiger partial charge in [-0.25, -0.2) is 13.6 Å². The smallest absolute Gasteiger partial charge is 0.272 e. The number of benzene rings is 5. The van der Waals surface area contributed by atoms with Crippen molar-refractivity contribution >= 4 is 57.0 Å². The van der Waals surface area contributed by atoms with Gasteiger partial charge >= 0.3 is 0 Å². The molecule has 0 heterocycles. The average molecular weight is 723 g/mol. The molecule has 0 spiro atoms. The first-order chi connectivity index (χ1) is 24.5. The van der Waals surface area contributed by atoms with Crippen LogP contribution in [0, 0.1) is 0 Å². The number of carbonyl (C=O) groups excluding carboxylic acids is 3.